The van der Waals surface area contributed by atoms with Crippen LogP contribution in [0.25, 0.3) is 0 Å². The molecule has 3 aromatic rings. The number of benzene rings is 3. The summed E-state index contributed by atoms with van der Waals surface area (Å²) in [6.45, 7) is 23.9. The number of carbonyl (C=O) groups excluding carboxylic acids is 1. The van der Waals surface area contributed by atoms with Crippen molar-refractivity contribution in [1.82, 2.24) is 14.8 Å². The minimum atomic E-state index is -0.0459. The van der Waals surface area contributed by atoms with E-state index in [9.17, 15) is 4.79 Å². The maximum absolute atomic E-state index is 13.6. The van der Waals surface area contributed by atoms with Crippen LogP contribution < -0.4 is 14.2 Å². The number of unbranched alkanes of at least 4 members (excludes halogenated alkanes) is 1. The first kappa shape index (κ1) is 46.5. The van der Waals surface area contributed by atoms with E-state index in [0.717, 1.165) is 69.8 Å². The van der Waals surface area contributed by atoms with E-state index in [4.69, 9.17) is 14.2 Å². The normalized spacial score (nSPS) is 14.7. The zero-order valence-corrected chi connectivity index (χ0v) is 35.6. The maximum atomic E-state index is 13.6. The Hall–Kier alpha value is -4.63. The summed E-state index contributed by atoms with van der Waals surface area (Å²) >= 11 is 0. The van der Waals surface area contributed by atoms with Gasteiger partial charge in [0.05, 0.1) is 27.0 Å². The zero-order valence-electron chi connectivity index (χ0n) is 35.6. The van der Waals surface area contributed by atoms with Gasteiger partial charge in [-0.25, -0.2) is 0 Å². The number of hydrazone groups is 1. The quantitative estimate of drug-likeness (QED) is 0.0950. The SMILES string of the molecule is C=CN(CCC)/N=C\C.CC(C)=Nc1ccccc1C.CCCCN(CCC)CCC1(c2ccccc2)CCN(C(=O)c2cc(OC)c(OC)c(OC)c2)C1. The monoisotopic (exact) mass is 756 g/mol. The molecule has 302 valence electrons. The lowest BCUT2D eigenvalue weighted by Gasteiger charge is -2.33. The minimum absolute atomic E-state index is 0.00143. The van der Waals surface area contributed by atoms with Crippen molar-refractivity contribution in [3.05, 3.63) is 96.2 Å². The summed E-state index contributed by atoms with van der Waals surface area (Å²) < 4.78 is 16.4. The molecule has 0 aromatic heterocycles. The molecule has 1 aliphatic heterocycles. The first-order valence-electron chi connectivity index (χ1n) is 19.9. The number of ether oxygens (including phenoxy) is 3. The smallest absolute Gasteiger partial charge is 0.254 e. The van der Waals surface area contributed by atoms with E-state index in [2.05, 4.69) is 85.7 Å². The molecule has 1 amide bonds. The number of rotatable bonds is 18. The Morgan fingerprint density at radius 3 is 2.04 bits per heavy atom. The molecule has 0 aliphatic carbocycles. The van der Waals surface area contributed by atoms with Gasteiger partial charge in [0.25, 0.3) is 5.91 Å². The first-order valence-corrected chi connectivity index (χ1v) is 19.9. The van der Waals surface area contributed by atoms with E-state index in [1.165, 1.54) is 24.0 Å². The number of para-hydroxylation sites is 1. The van der Waals surface area contributed by atoms with Gasteiger partial charge in [-0.3, -0.25) is 14.8 Å². The zero-order chi connectivity index (χ0) is 40.6. The Bertz CT molecular complexity index is 1600. The molecule has 1 atom stereocenters. The number of nitrogens with zero attached hydrogens (tertiary/aromatic N) is 5. The fourth-order valence-corrected chi connectivity index (χ4v) is 6.72. The van der Waals surface area contributed by atoms with Crippen molar-refractivity contribution in [3.8, 4) is 17.2 Å². The van der Waals surface area contributed by atoms with Crippen LogP contribution >= 0.6 is 0 Å². The van der Waals surface area contributed by atoms with E-state index in [1.54, 1.807) is 45.9 Å². The number of methoxy groups -OCH3 is 3. The highest BCUT2D eigenvalue weighted by Gasteiger charge is 2.41. The lowest BCUT2D eigenvalue weighted by molar-refractivity contribution is 0.0780. The van der Waals surface area contributed by atoms with Crippen LogP contribution in [0.2, 0.25) is 0 Å². The third-order valence-electron chi connectivity index (χ3n) is 9.60. The van der Waals surface area contributed by atoms with Gasteiger partial charge in [0.1, 0.15) is 0 Å². The predicted octanol–water partition coefficient (Wildman–Crippen LogP) is 10.4. The van der Waals surface area contributed by atoms with Crippen molar-refractivity contribution in [2.75, 3.05) is 60.6 Å². The number of hydrogen-bond donors (Lipinski definition) is 0. The molecule has 0 N–H and O–H groups in total. The van der Waals surface area contributed by atoms with Gasteiger partial charge in [-0.2, -0.15) is 5.10 Å². The molecule has 0 spiro atoms. The second kappa shape index (κ2) is 25.4. The molecule has 1 aliphatic rings. The molecule has 9 nitrogen and oxygen atoms in total. The Labute approximate surface area is 333 Å². The fourth-order valence-electron chi connectivity index (χ4n) is 6.72. The highest BCUT2D eigenvalue weighted by atomic mass is 16.5. The van der Waals surface area contributed by atoms with Crippen LogP contribution in [0.15, 0.2) is 89.6 Å². The summed E-state index contributed by atoms with van der Waals surface area (Å²) in [6, 6.07) is 22.4. The Balaban J connectivity index is 0.000000424. The van der Waals surface area contributed by atoms with Crippen molar-refractivity contribution in [3.63, 3.8) is 0 Å². The highest BCUT2D eigenvalue weighted by Crippen LogP contribution is 2.41. The van der Waals surface area contributed by atoms with Gasteiger partial charge in [-0.1, -0.05) is 82.3 Å². The molecule has 0 saturated carbocycles. The second-order valence-electron chi connectivity index (χ2n) is 14.0. The van der Waals surface area contributed by atoms with Crippen LogP contribution in [0.1, 0.15) is 102 Å². The number of aliphatic imine (C=N–C) groups is 1. The minimum Gasteiger partial charge on any atom is -0.493 e. The van der Waals surface area contributed by atoms with Crippen molar-refractivity contribution in [2.24, 2.45) is 10.1 Å². The molecule has 4 rings (SSSR count). The second-order valence-corrected chi connectivity index (χ2v) is 14.0. The Morgan fingerprint density at radius 2 is 1.51 bits per heavy atom. The summed E-state index contributed by atoms with van der Waals surface area (Å²) in [4.78, 5) is 22.6. The van der Waals surface area contributed by atoms with Crippen molar-refractivity contribution in [2.45, 2.75) is 92.4 Å². The average molecular weight is 756 g/mol. The van der Waals surface area contributed by atoms with Gasteiger partial charge in [0.15, 0.2) is 11.5 Å². The highest BCUT2D eigenvalue weighted by molar-refractivity contribution is 5.96. The maximum Gasteiger partial charge on any atom is 0.254 e. The van der Waals surface area contributed by atoms with Crippen molar-refractivity contribution in [1.29, 1.82) is 0 Å². The number of carbonyl (C=O) groups is 1. The molecule has 3 aromatic carbocycles. The summed E-state index contributed by atoms with van der Waals surface area (Å²) in [6.07, 6.45) is 10.2. The van der Waals surface area contributed by atoms with E-state index in [1.807, 2.05) is 48.9 Å². The number of amides is 1. The van der Waals surface area contributed by atoms with Crippen LogP contribution in [0.5, 0.6) is 17.2 Å². The van der Waals surface area contributed by atoms with Gasteiger partial charge in [0, 0.05) is 48.7 Å². The van der Waals surface area contributed by atoms with E-state index in [0.29, 0.717) is 29.4 Å². The molecule has 0 bridgehead atoms. The third kappa shape index (κ3) is 14.9. The lowest BCUT2D eigenvalue weighted by atomic mass is 9.76. The van der Waals surface area contributed by atoms with Crippen LogP contribution in [-0.4, -0.2) is 93.2 Å². The fraction of sp³-hybridized carbons (Fsp3) is 0.500. The topological polar surface area (TPSA) is 79.2 Å². The average Bonchev–Trinajstić information content (AvgIpc) is 3.65. The van der Waals surface area contributed by atoms with Crippen LogP contribution in [0, 0.1) is 6.92 Å². The molecule has 1 fully saturated rings. The standard InChI is InChI=1S/C29H42N2O4.C10H13N.C7H14N2/c1-6-8-17-30(16-7-2)18-14-29(24-12-10-9-11-13-24)15-19-31(22-29)28(32)23-20-25(33-3)27(35-5)26(21-23)34-4;1-8(2)11-10-7-5-4-6-9(10)3;1-4-7-9(6-3)8-5-2/h9-13,20-21H,6-8,14-19,22H2,1-5H3;4-7H,1-3H3;5-6H,3-4,7H2,1-2H3/b;;8-5-. The molecule has 1 saturated heterocycles. The Kier molecular flexibility index (Phi) is 21.5. The molecule has 0 radical (unpaired) electrons. The molecule has 1 unspecified atom stereocenters. The van der Waals surface area contributed by atoms with Crippen molar-refractivity contribution < 1.29 is 19.0 Å². The summed E-state index contributed by atoms with van der Waals surface area (Å²) in [5.74, 6) is 1.48. The third-order valence-corrected chi connectivity index (χ3v) is 9.60. The van der Waals surface area contributed by atoms with E-state index >= 15 is 0 Å². The number of hydrogen-bond acceptors (Lipinski definition) is 8. The number of aryl methyl sites for hydroxylation is 1. The lowest BCUT2D eigenvalue weighted by Crippen LogP contribution is -2.38. The van der Waals surface area contributed by atoms with Crippen LogP contribution in [0.4, 0.5) is 5.69 Å². The van der Waals surface area contributed by atoms with Gasteiger partial charge < -0.3 is 24.0 Å². The molecular weight excluding hydrogens is 687 g/mol. The Morgan fingerprint density at radius 1 is 0.873 bits per heavy atom. The predicted molar refractivity (Wildman–Crippen MR) is 232 cm³/mol. The summed E-state index contributed by atoms with van der Waals surface area (Å²) in [7, 11) is 4.71. The largest absolute Gasteiger partial charge is 0.493 e. The van der Waals surface area contributed by atoms with Gasteiger partial charge in [-0.15, -0.1) is 0 Å². The van der Waals surface area contributed by atoms with Crippen molar-refractivity contribution >= 4 is 23.5 Å². The van der Waals surface area contributed by atoms with Gasteiger partial charge in [0.2, 0.25) is 5.75 Å². The van der Waals surface area contributed by atoms with E-state index in [-0.39, 0.29) is 11.3 Å². The summed E-state index contributed by atoms with van der Waals surface area (Å²) in [5, 5.41) is 5.84. The summed E-state index contributed by atoms with van der Waals surface area (Å²) in [5.41, 5.74) is 5.24. The van der Waals surface area contributed by atoms with Crippen LogP contribution in [-0.2, 0) is 5.41 Å². The van der Waals surface area contributed by atoms with Gasteiger partial charge >= 0.3 is 0 Å². The van der Waals surface area contributed by atoms with E-state index < -0.39 is 0 Å². The molecular formula is C46H69N5O4. The molecule has 55 heavy (non-hydrogen) atoms. The molecule has 9 heteroatoms. The number of likely N-dealkylation sites (tertiary alicyclic amines) is 1. The first-order chi connectivity index (χ1) is 26.6. The van der Waals surface area contributed by atoms with Gasteiger partial charge in [-0.05, 0) is 109 Å². The van der Waals surface area contributed by atoms with Crippen LogP contribution in [0.3, 0.4) is 0 Å². The molecule has 1 heterocycles.